The maximum Gasteiger partial charge on any atom is 0.311 e. The predicted molar refractivity (Wildman–Crippen MR) is 152 cm³/mol. The number of hydrogen-bond acceptors (Lipinski definition) is 5. The molecule has 0 saturated carbocycles. The summed E-state index contributed by atoms with van der Waals surface area (Å²) in [4.78, 5) is 41.8. The Balaban J connectivity index is 1.68. The lowest BCUT2D eigenvalue weighted by atomic mass is 9.85. The number of fused-ring (bicyclic) bond motifs is 3. The number of ether oxygens (including phenoxy) is 1. The van der Waals surface area contributed by atoms with Crippen LogP contribution in [0.15, 0.2) is 71.3 Å². The van der Waals surface area contributed by atoms with Gasteiger partial charge >= 0.3 is 5.97 Å². The van der Waals surface area contributed by atoms with Crippen molar-refractivity contribution in [3.63, 3.8) is 0 Å². The summed E-state index contributed by atoms with van der Waals surface area (Å²) < 4.78 is 11.2. The zero-order valence-corrected chi connectivity index (χ0v) is 22.6. The summed E-state index contributed by atoms with van der Waals surface area (Å²) in [6, 6.07) is 19.0. The van der Waals surface area contributed by atoms with Gasteiger partial charge in [0.15, 0.2) is 5.78 Å². The molecule has 39 heavy (non-hydrogen) atoms. The number of carbonyl (C=O) groups is 3. The minimum Gasteiger partial charge on any atom is -0.469 e. The molecule has 3 aromatic carbocycles. The van der Waals surface area contributed by atoms with E-state index in [1.807, 2.05) is 67.7 Å². The molecule has 5 rings (SSSR count). The monoisotopic (exact) mass is 522 g/mol. The van der Waals surface area contributed by atoms with Gasteiger partial charge in [0.1, 0.15) is 11.3 Å². The standard InChI is InChI=1S/C32H30N2O5/c1-18-9-11-19(12-10-18)28-26(30(36)33-4)24-16-23(27-22(13-14-34-27)29(24)39-28)20-7-6-8-21(15-20)25(35)17-32(2,3)31(37)38-5/h6-16,34H,17H2,1-5H3,(H,33,36). The zero-order chi connectivity index (χ0) is 27.9. The first kappa shape index (κ1) is 26.0. The Labute approximate surface area is 226 Å². The van der Waals surface area contributed by atoms with E-state index in [0.29, 0.717) is 27.9 Å². The molecule has 198 valence electrons. The van der Waals surface area contributed by atoms with Crippen molar-refractivity contribution >= 4 is 39.5 Å². The second kappa shape index (κ2) is 9.91. The fourth-order valence-electron chi connectivity index (χ4n) is 4.98. The largest absolute Gasteiger partial charge is 0.469 e. The minimum absolute atomic E-state index is 0.0164. The van der Waals surface area contributed by atoms with E-state index in [1.165, 1.54) is 7.11 Å². The van der Waals surface area contributed by atoms with E-state index >= 15 is 0 Å². The molecule has 2 N–H and O–H groups in total. The highest BCUT2D eigenvalue weighted by molar-refractivity contribution is 6.19. The highest BCUT2D eigenvalue weighted by Crippen LogP contribution is 2.41. The number of hydrogen-bond donors (Lipinski definition) is 2. The van der Waals surface area contributed by atoms with Crippen molar-refractivity contribution in [2.24, 2.45) is 5.41 Å². The number of H-pyrrole nitrogens is 1. The molecule has 0 radical (unpaired) electrons. The summed E-state index contributed by atoms with van der Waals surface area (Å²) >= 11 is 0. The fraction of sp³-hybridized carbons (Fsp3) is 0.219. The molecule has 2 heterocycles. The number of methoxy groups -OCH3 is 1. The van der Waals surface area contributed by atoms with Crippen LogP contribution in [0.4, 0.5) is 0 Å². The first-order valence-electron chi connectivity index (χ1n) is 12.7. The zero-order valence-electron chi connectivity index (χ0n) is 22.6. The van der Waals surface area contributed by atoms with E-state index in [1.54, 1.807) is 27.0 Å². The number of furan rings is 1. The number of carbonyl (C=O) groups excluding carboxylic acids is 3. The summed E-state index contributed by atoms with van der Waals surface area (Å²) in [6.07, 6.45) is 1.84. The molecule has 7 nitrogen and oxygen atoms in total. The average molecular weight is 523 g/mol. The molecule has 7 heteroatoms. The Bertz CT molecular complexity index is 1740. The molecule has 0 atom stereocenters. The average Bonchev–Trinajstić information content (AvgIpc) is 3.57. The van der Waals surface area contributed by atoms with Crippen LogP contribution < -0.4 is 5.32 Å². The van der Waals surface area contributed by atoms with Crippen LogP contribution in [0, 0.1) is 12.3 Å². The summed E-state index contributed by atoms with van der Waals surface area (Å²) in [5.41, 5.74) is 4.97. The Kier molecular flexibility index (Phi) is 6.60. The van der Waals surface area contributed by atoms with Crippen LogP contribution >= 0.6 is 0 Å². The van der Waals surface area contributed by atoms with Crippen LogP contribution in [-0.4, -0.2) is 36.8 Å². The number of aromatic amines is 1. The van der Waals surface area contributed by atoms with Gasteiger partial charge in [-0.3, -0.25) is 14.4 Å². The smallest absolute Gasteiger partial charge is 0.311 e. The molecule has 1 amide bonds. The van der Waals surface area contributed by atoms with E-state index in [2.05, 4.69) is 10.3 Å². The van der Waals surface area contributed by atoms with Crippen molar-refractivity contribution in [2.45, 2.75) is 27.2 Å². The first-order chi connectivity index (χ1) is 18.6. The fourth-order valence-corrected chi connectivity index (χ4v) is 4.98. The first-order valence-corrected chi connectivity index (χ1v) is 12.7. The summed E-state index contributed by atoms with van der Waals surface area (Å²) in [6.45, 7) is 5.40. The van der Waals surface area contributed by atoms with E-state index < -0.39 is 11.4 Å². The molecule has 0 aliphatic rings. The molecular weight excluding hydrogens is 492 g/mol. The second-order valence-corrected chi connectivity index (χ2v) is 10.4. The number of nitrogens with one attached hydrogen (secondary N) is 2. The van der Waals surface area contributed by atoms with Crippen LogP contribution in [0.5, 0.6) is 0 Å². The van der Waals surface area contributed by atoms with Crippen LogP contribution in [0.2, 0.25) is 0 Å². The van der Waals surface area contributed by atoms with E-state index in [0.717, 1.165) is 33.2 Å². The van der Waals surface area contributed by atoms with Gasteiger partial charge in [-0.1, -0.05) is 48.0 Å². The maximum atomic E-state index is 13.2. The number of aromatic nitrogens is 1. The molecule has 0 saturated heterocycles. The van der Waals surface area contributed by atoms with E-state index in [4.69, 9.17) is 9.15 Å². The van der Waals surface area contributed by atoms with Crippen molar-refractivity contribution < 1.29 is 23.5 Å². The van der Waals surface area contributed by atoms with Crippen molar-refractivity contribution in [2.75, 3.05) is 14.2 Å². The third-order valence-corrected chi connectivity index (χ3v) is 7.10. The van der Waals surface area contributed by atoms with Gasteiger partial charge < -0.3 is 19.5 Å². The highest BCUT2D eigenvalue weighted by atomic mass is 16.5. The van der Waals surface area contributed by atoms with Gasteiger partial charge in [0, 0.05) is 47.1 Å². The third kappa shape index (κ3) is 4.61. The Hall–Kier alpha value is -4.65. The van der Waals surface area contributed by atoms with Crippen LogP contribution in [-0.2, 0) is 9.53 Å². The van der Waals surface area contributed by atoms with Gasteiger partial charge in [0.25, 0.3) is 5.91 Å². The Morgan fingerprint density at radius 3 is 2.41 bits per heavy atom. The van der Waals surface area contributed by atoms with Gasteiger partial charge in [0.05, 0.1) is 23.6 Å². The van der Waals surface area contributed by atoms with Gasteiger partial charge in [-0.15, -0.1) is 0 Å². The lowest BCUT2D eigenvalue weighted by molar-refractivity contribution is -0.150. The predicted octanol–water partition coefficient (Wildman–Crippen LogP) is 6.69. The SMILES string of the molecule is CNC(=O)c1c(-c2ccc(C)cc2)oc2c1cc(-c1cccc(C(=O)CC(C)(C)C(=O)OC)c1)c1[nH]ccc12. The summed E-state index contributed by atoms with van der Waals surface area (Å²) in [5.74, 6) is -0.346. The quantitative estimate of drug-likeness (QED) is 0.183. The molecule has 0 unspecified atom stereocenters. The van der Waals surface area contributed by atoms with Crippen LogP contribution in [0.3, 0.4) is 0 Å². The van der Waals surface area contributed by atoms with Crippen molar-refractivity contribution in [3.8, 4) is 22.5 Å². The molecule has 0 spiro atoms. The number of rotatable bonds is 7. The molecule has 0 aliphatic heterocycles. The van der Waals surface area contributed by atoms with Gasteiger partial charge in [0.2, 0.25) is 0 Å². The molecule has 0 fully saturated rings. The number of ketones is 1. The number of Topliss-reactive ketones (excluding diaryl/α,β-unsaturated/α-hetero) is 1. The molecule has 5 aromatic rings. The topological polar surface area (TPSA) is 101 Å². The van der Waals surface area contributed by atoms with Crippen LogP contribution in [0.25, 0.3) is 44.3 Å². The number of amides is 1. The van der Waals surface area contributed by atoms with Crippen LogP contribution in [0.1, 0.15) is 46.5 Å². The lowest BCUT2D eigenvalue weighted by Gasteiger charge is -2.20. The van der Waals surface area contributed by atoms with Gasteiger partial charge in [-0.2, -0.15) is 0 Å². The maximum absolute atomic E-state index is 13.2. The third-order valence-electron chi connectivity index (χ3n) is 7.10. The summed E-state index contributed by atoms with van der Waals surface area (Å²) in [5, 5.41) is 4.26. The van der Waals surface area contributed by atoms with Crippen molar-refractivity contribution in [3.05, 3.63) is 83.6 Å². The normalized spacial score (nSPS) is 11.6. The highest BCUT2D eigenvalue weighted by Gasteiger charge is 2.32. The van der Waals surface area contributed by atoms with E-state index in [-0.39, 0.29) is 18.1 Å². The number of aryl methyl sites for hydroxylation is 1. The van der Waals surface area contributed by atoms with Crippen molar-refractivity contribution in [1.82, 2.24) is 10.3 Å². The Morgan fingerprint density at radius 2 is 1.72 bits per heavy atom. The summed E-state index contributed by atoms with van der Waals surface area (Å²) in [7, 11) is 2.92. The Morgan fingerprint density at radius 1 is 0.974 bits per heavy atom. The minimum atomic E-state index is -0.945. The lowest BCUT2D eigenvalue weighted by Crippen LogP contribution is -2.28. The molecular formula is C32H30N2O5. The van der Waals surface area contributed by atoms with Gasteiger partial charge in [-0.05, 0) is 44.5 Å². The molecule has 0 bridgehead atoms. The number of benzene rings is 3. The molecule has 2 aromatic heterocycles. The van der Waals surface area contributed by atoms with E-state index in [9.17, 15) is 14.4 Å². The van der Waals surface area contributed by atoms with Crippen molar-refractivity contribution in [1.29, 1.82) is 0 Å². The number of esters is 1. The molecule has 0 aliphatic carbocycles. The second-order valence-electron chi connectivity index (χ2n) is 10.4. The van der Waals surface area contributed by atoms with Gasteiger partial charge in [-0.25, -0.2) is 0 Å².